The molecule has 1 saturated carbocycles. The van der Waals surface area contributed by atoms with E-state index in [1.807, 2.05) is 6.92 Å². The number of carbonyl (C=O) groups excluding carboxylic acids is 2. The summed E-state index contributed by atoms with van der Waals surface area (Å²) < 4.78 is 44.9. The summed E-state index contributed by atoms with van der Waals surface area (Å²) in [4.78, 5) is 22.7. The molecular formula is C23H30FNO5S. The summed E-state index contributed by atoms with van der Waals surface area (Å²) >= 11 is 0. The molecule has 1 aliphatic carbocycles. The fourth-order valence-electron chi connectivity index (χ4n) is 3.64. The third-order valence-corrected chi connectivity index (χ3v) is 7.56. The predicted molar refractivity (Wildman–Crippen MR) is 116 cm³/mol. The van der Waals surface area contributed by atoms with Crippen molar-refractivity contribution in [3.8, 4) is 5.75 Å². The maximum absolute atomic E-state index is 14.0. The van der Waals surface area contributed by atoms with Gasteiger partial charge in [-0.05, 0) is 61.6 Å². The van der Waals surface area contributed by atoms with Crippen LogP contribution in [0.25, 0.3) is 0 Å². The average molecular weight is 452 g/mol. The minimum Gasteiger partial charge on any atom is -0.490 e. The Morgan fingerprint density at radius 1 is 1.26 bits per heavy atom. The third-order valence-electron chi connectivity index (χ3n) is 5.79. The Balaban J connectivity index is 1.51. The van der Waals surface area contributed by atoms with Gasteiger partial charge in [-0.3, -0.25) is 14.9 Å². The number of amides is 2. The van der Waals surface area contributed by atoms with Gasteiger partial charge in [-0.15, -0.1) is 0 Å². The van der Waals surface area contributed by atoms with Crippen molar-refractivity contribution < 1.29 is 27.1 Å². The lowest BCUT2D eigenvalue weighted by atomic mass is 9.98. The second kappa shape index (κ2) is 10.4. The lowest BCUT2D eigenvalue weighted by molar-refractivity contribution is -0.125. The lowest BCUT2D eigenvalue weighted by Gasteiger charge is -2.17. The summed E-state index contributed by atoms with van der Waals surface area (Å²) in [7, 11) is -3.32. The van der Waals surface area contributed by atoms with Crippen LogP contribution in [0.1, 0.15) is 56.9 Å². The monoisotopic (exact) mass is 451 g/mol. The number of hydrogen-bond donors (Lipinski definition) is 1. The van der Waals surface area contributed by atoms with Crippen LogP contribution in [-0.4, -0.2) is 38.3 Å². The van der Waals surface area contributed by atoms with Crippen molar-refractivity contribution in [1.29, 1.82) is 0 Å². The average Bonchev–Trinajstić information content (AvgIpc) is 3.49. The molecule has 3 rings (SSSR count). The minimum absolute atomic E-state index is 0.00201. The smallest absolute Gasteiger partial charge is 0.230 e. The fourth-order valence-corrected chi connectivity index (χ4v) is 5.34. The first-order valence-electron chi connectivity index (χ1n) is 10.9. The van der Waals surface area contributed by atoms with Gasteiger partial charge in [0.25, 0.3) is 0 Å². The highest BCUT2D eigenvalue weighted by Crippen LogP contribution is 2.32. The molecule has 1 aliphatic heterocycles. The first kappa shape index (κ1) is 23.4. The molecule has 170 valence electrons. The number of sulfone groups is 1. The van der Waals surface area contributed by atoms with Crippen molar-refractivity contribution in [1.82, 2.24) is 5.32 Å². The summed E-state index contributed by atoms with van der Waals surface area (Å²) in [5.74, 6) is -0.867. The number of ether oxygens (including phenoxy) is 1. The Hall–Kier alpha value is -2.22. The second-order valence-electron chi connectivity index (χ2n) is 8.47. The van der Waals surface area contributed by atoms with Gasteiger partial charge >= 0.3 is 0 Å². The molecule has 1 saturated heterocycles. The number of hydrogen-bond acceptors (Lipinski definition) is 5. The summed E-state index contributed by atoms with van der Waals surface area (Å²) in [6, 6.07) is 4.62. The molecule has 1 heterocycles. The van der Waals surface area contributed by atoms with Crippen LogP contribution < -0.4 is 10.1 Å². The van der Waals surface area contributed by atoms with Crippen LogP contribution in [0.4, 0.5) is 4.39 Å². The number of nitrogens with one attached hydrogen (secondary N) is 1. The predicted octanol–water partition coefficient (Wildman–Crippen LogP) is 3.52. The summed E-state index contributed by atoms with van der Waals surface area (Å²) in [6.07, 6.45) is 7.30. The highest BCUT2D eigenvalue weighted by atomic mass is 32.2. The molecular weight excluding hydrogens is 421 g/mol. The van der Waals surface area contributed by atoms with Crippen molar-refractivity contribution >= 4 is 21.7 Å². The van der Waals surface area contributed by atoms with E-state index in [2.05, 4.69) is 5.32 Å². The van der Waals surface area contributed by atoms with Gasteiger partial charge in [0.1, 0.15) is 0 Å². The zero-order chi connectivity index (χ0) is 22.4. The summed E-state index contributed by atoms with van der Waals surface area (Å²) in [6.45, 7) is 2.42. The molecule has 1 aromatic rings. The second-order valence-corrected chi connectivity index (χ2v) is 10.7. The van der Waals surface area contributed by atoms with Crippen LogP contribution >= 0.6 is 0 Å². The van der Waals surface area contributed by atoms with Crippen molar-refractivity contribution in [3.05, 3.63) is 41.7 Å². The molecule has 2 fully saturated rings. The molecule has 1 N–H and O–H groups in total. The van der Waals surface area contributed by atoms with Crippen molar-refractivity contribution in [2.24, 2.45) is 11.8 Å². The van der Waals surface area contributed by atoms with Gasteiger partial charge in [-0.1, -0.05) is 25.1 Å². The van der Waals surface area contributed by atoms with Crippen molar-refractivity contribution in [3.63, 3.8) is 0 Å². The van der Waals surface area contributed by atoms with E-state index < -0.39 is 15.7 Å². The van der Waals surface area contributed by atoms with Crippen molar-refractivity contribution in [2.75, 3.05) is 18.1 Å². The molecule has 1 aromatic carbocycles. The van der Waals surface area contributed by atoms with Gasteiger partial charge in [0.15, 0.2) is 21.4 Å². The van der Waals surface area contributed by atoms with Gasteiger partial charge in [0, 0.05) is 6.42 Å². The molecule has 0 radical (unpaired) electrons. The Morgan fingerprint density at radius 2 is 2.03 bits per heavy atom. The van der Waals surface area contributed by atoms with E-state index in [0.29, 0.717) is 31.8 Å². The van der Waals surface area contributed by atoms with Crippen molar-refractivity contribution in [2.45, 2.75) is 51.4 Å². The third kappa shape index (κ3) is 7.16. The molecule has 2 amide bonds. The fraction of sp³-hybridized carbons (Fsp3) is 0.565. The summed E-state index contributed by atoms with van der Waals surface area (Å²) in [5, 5.41) is 2.26. The first-order valence-corrected chi connectivity index (χ1v) is 12.7. The number of carbonyl (C=O) groups is 2. The highest BCUT2D eigenvalue weighted by Gasteiger charge is 2.29. The first-order chi connectivity index (χ1) is 14.8. The lowest BCUT2D eigenvalue weighted by Crippen LogP contribution is -2.21. The topological polar surface area (TPSA) is 89.5 Å². The van der Waals surface area contributed by atoms with E-state index in [1.54, 1.807) is 24.3 Å². The maximum Gasteiger partial charge on any atom is 0.230 e. The molecule has 31 heavy (non-hydrogen) atoms. The van der Waals surface area contributed by atoms with Gasteiger partial charge in [-0.25, -0.2) is 12.8 Å². The van der Waals surface area contributed by atoms with E-state index in [1.165, 1.54) is 6.07 Å². The SMILES string of the molecule is CC[C@@H](CS(=O)(=O)CC/C=C/CC1CC(=O)NC1=O)c1ccc(F)c(OCC2CC2)c1. The van der Waals surface area contributed by atoms with Crippen LogP contribution in [0.15, 0.2) is 30.4 Å². The largest absolute Gasteiger partial charge is 0.490 e. The molecule has 2 atom stereocenters. The molecule has 6 nitrogen and oxygen atoms in total. The number of rotatable bonds is 12. The summed E-state index contributed by atoms with van der Waals surface area (Å²) in [5.41, 5.74) is 0.769. The van der Waals surface area contributed by atoms with E-state index >= 15 is 0 Å². The Labute approximate surface area is 183 Å². The van der Waals surface area contributed by atoms with Gasteiger partial charge in [-0.2, -0.15) is 0 Å². The number of imide groups is 1. The van der Waals surface area contributed by atoms with Gasteiger partial charge in [0.2, 0.25) is 11.8 Å². The molecule has 8 heteroatoms. The zero-order valence-electron chi connectivity index (χ0n) is 17.8. The Bertz CT molecular complexity index is 939. The standard InChI is InChI=1S/C23H30FNO5S/c1-2-17(18-9-10-20(24)21(12-18)30-14-16-7-8-16)15-31(28,29)11-5-3-4-6-19-13-22(26)25-23(19)27/h3-4,9-10,12,16-17,19H,2,5-8,11,13-15H2,1H3,(H,25,26,27)/b4-3+/t17-,19?/m0/s1. The van der Waals surface area contributed by atoms with E-state index in [0.717, 1.165) is 18.4 Å². The van der Waals surface area contributed by atoms with Gasteiger partial charge < -0.3 is 4.74 Å². The molecule has 0 bridgehead atoms. The van der Waals surface area contributed by atoms with E-state index in [4.69, 9.17) is 4.74 Å². The number of allylic oxidation sites excluding steroid dienone is 2. The van der Waals surface area contributed by atoms with Crippen LogP contribution in [-0.2, 0) is 19.4 Å². The Morgan fingerprint density at radius 3 is 2.68 bits per heavy atom. The molecule has 0 spiro atoms. The van der Waals surface area contributed by atoms with E-state index in [9.17, 15) is 22.4 Å². The highest BCUT2D eigenvalue weighted by molar-refractivity contribution is 7.91. The maximum atomic E-state index is 14.0. The van der Waals surface area contributed by atoms with Crippen LogP contribution in [0, 0.1) is 17.7 Å². The minimum atomic E-state index is -3.32. The van der Waals surface area contributed by atoms with Gasteiger partial charge in [0.05, 0.1) is 24.0 Å². The normalized spacial score (nSPS) is 20.3. The van der Waals surface area contributed by atoms with Crippen LogP contribution in [0.2, 0.25) is 0 Å². The van der Waals surface area contributed by atoms with Crippen LogP contribution in [0.3, 0.4) is 0 Å². The number of halogens is 1. The molecule has 0 aromatic heterocycles. The van der Waals surface area contributed by atoms with Crippen LogP contribution in [0.5, 0.6) is 5.75 Å². The molecule has 1 unspecified atom stereocenters. The Kier molecular flexibility index (Phi) is 7.86. The molecule has 2 aliphatic rings. The quantitative estimate of drug-likeness (QED) is 0.388. The number of benzene rings is 1. The zero-order valence-corrected chi connectivity index (χ0v) is 18.6. The van der Waals surface area contributed by atoms with E-state index in [-0.39, 0.29) is 47.3 Å².